The highest BCUT2D eigenvalue weighted by Gasteiger charge is 2.60. The Morgan fingerprint density at radius 2 is 2.11 bits per heavy atom. The number of amides is 1. The number of carboxylic acid groups (broad SMARTS) is 1. The average molecular weight is 425 g/mol. The van der Waals surface area contributed by atoms with Crippen molar-refractivity contribution in [3.05, 3.63) is 23.1 Å². The lowest BCUT2D eigenvalue weighted by molar-refractivity contribution is -0.163. The van der Waals surface area contributed by atoms with Gasteiger partial charge in [-0.15, -0.1) is 11.3 Å². The van der Waals surface area contributed by atoms with Crippen LogP contribution in [0.2, 0.25) is 0 Å². The zero-order chi connectivity index (χ0) is 20.5. The number of rotatable bonds is 5. The molecule has 4 heterocycles. The summed E-state index contributed by atoms with van der Waals surface area (Å²) < 4.78 is 26.1. The highest BCUT2D eigenvalue weighted by molar-refractivity contribution is 7.91. The minimum Gasteiger partial charge on any atom is -0.477 e. The van der Waals surface area contributed by atoms with Gasteiger partial charge in [0.1, 0.15) is 16.9 Å². The number of hydrogen-bond acceptors (Lipinski definition) is 7. The minimum absolute atomic E-state index is 0.0319. The average Bonchev–Trinajstić information content (AvgIpc) is 3.24. The highest BCUT2D eigenvalue weighted by atomic mass is 32.2. The summed E-state index contributed by atoms with van der Waals surface area (Å²) in [5, 5.41) is 19.7. The van der Waals surface area contributed by atoms with Gasteiger partial charge in [-0.25, -0.2) is 18.2 Å². The predicted octanol–water partition coefficient (Wildman–Crippen LogP) is 0.843. The van der Waals surface area contributed by atoms with Crippen LogP contribution >= 0.6 is 11.3 Å². The minimum atomic E-state index is -3.52. The first kappa shape index (κ1) is 19.1. The van der Waals surface area contributed by atoms with Crippen molar-refractivity contribution < 1.29 is 28.2 Å². The summed E-state index contributed by atoms with van der Waals surface area (Å²) in [6, 6.07) is -0.424. The molecule has 150 valence electrons. The number of aliphatic hydroxyl groups excluding tert-OH is 1. The topological polar surface area (TPSA) is 129 Å². The van der Waals surface area contributed by atoms with E-state index in [4.69, 9.17) is 0 Å². The van der Waals surface area contributed by atoms with E-state index >= 15 is 0 Å². The second-order valence-electron chi connectivity index (χ2n) is 7.08. The number of sulfone groups is 1. The van der Waals surface area contributed by atoms with Gasteiger partial charge >= 0.3 is 5.97 Å². The molecule has 9 nitrogen and oxygen atoms in total. The van der Waals surface area contributed by atoms with E-state index in [1.54, 1.807) is 10.6 Å². The normalized spacial score (nSPS) is 25.9. The van der Waals surface area contributed by atoms with Gasteiger partial charge in [0, 0.05) is 17.7 Å². The second-order valence-corrected chi connectivity index (χ2v) is 10.3. The molecular weight excluding hydrogens is 406 g/mol. The Hall–Kier alpha value is -2.24. The molecule has 0 bridgehead atoms. The van der Waals surface area contributed by atoms with Crippen LogP contribution in [0.4, 0.5) is 0 Å². The lowest BCUT2D eigenvalue weighted by Gasteiger charge is -2.46. The van der Waals surface area contributed by atoms with E-state index in [-0.39, 0.29) is 22.4 Å². The molecule has 28 heavy (non-hydrogen) atoms. The van der Waals surface area contributed by atoms with Crippen molar-refractivity contribution in [1.82, 2.24) is 14.3 Å². The first-order chi connectivity index (χ1) is 13.1. The molecule has 1 saturated heterocycles. The van der Waals surface area contributed by atoms with Gasteiger partial charge in [-0.1, -0.05) is 13.8 Å². The first-order valence-corrected chi connectivity index (χ1v) is 11.2. The van der Waals surface area contributed by atoms with E-state index in [0.717, 1.165) is 11.3 Å². The lowest BCUT2D eigenvalue weighted by Crippen LogP contribution is -2.63. The van der Waals surface area contributed by atoms with E-state index in [9.17, 15) is 28.2 Å². The Bertz CT molecular complexity index is 1140. The number of aromatic nitrogens is 2. The molecule has 1 amide bonds. The zero-order valence-corrected chi connectivity index (χ0v) is 17.0. The molecule has 0 aromatic carbocycles. The standard InChI is InChI=1S/C17H19N3O6S2/c1-4-28(25,26)14-16-19(6-18-14)5-9(27-16)10-7(2)12-11(8(3)21)15(22)20(12)13(10)17(23)24/h5-8,11-12,21H,4H2,1-3H3,(H,23,24)/t7-,8+,11+,12+/m0/s1. The van der Waals surface area contributed by atoms with Crippen molar-refractivity contribution in [2.45, 2.75) is 37.9 Å². The van der Waals surface area contributed by atoms with Crippen LogP contribution in [-0.4, -0.2) is 62.7 Å². The molecule has 0 radical (unpaired) electrons. The van der Waals surface area contributed by atoms with Gasteiger partial charge in [0.2, 0.25) is 5.91 Å². The molecule has 4 rings (SSSR count). The lowest BCUT2D eigenvalue weighted by atomic mass is 9.77. The summed E-state index contributed by atoms with van der Waals surface area (Å²) in [4.78, 5) is 30.6. The molecule has 1 fully saturated rings. The molecule has 4 atom stereocenters. The fourth-order valence-corrected chi connectivity index (χ4v) is 6.62. The highest BCUT2D eigenvalue weighted by Crippen LogP contribution is 2.51. The van der Waals surface area contributed by atoms with Gasteiger partial charge in [0.25, 0.3) is 0 Å². The van der Waals surface area contributed by atoms with Crippen LogP contribution in [0.25, 0.3) is 10.4 Å². The molecule has 0 saturated carbocycles. The number of carboxylic acids is 1. The molecule has 0 spiro atoms. The molecule has 2 N–H and O–H groups in total. The number of aliphatic hydroxyl groups is 1. The second kappa shape index (κ2) is 6.13. The monoisotopic (exact) mass is 425 g/mol. The first-order valence-electron chi connectivity index (χ1n) is 8.78. The molecule has 2 aliphatic rings. The van der Waals surface area contributed by atoms with Crippen LogP contribution in [0.15, 0.2) is 23.2 Å². The van der Waals surface area contributed by atoms with Crippen LogP contribution in [0.1, 0.15) is 25.6 Å². The number of nitrogens with zero attached hydrogens (tertiary/aromatic N) is 3. The van der Waals surface area contributed by atoms with E-state index in [2.05, 4.69) is 4.98 Å². The number of aliphatic carboxylic acids is 1. The van der Waals surface area contributed by atoms with Crippen molar-refractivity contribution in [1.29, 1.82) is 0 Å². The quantitative estimate of drug-likeness (QED) is 0.679. The Morgan fingerprint density at radius 3 is 2.68 bits per heavy atom. The fraction of sp³-hybridized carbons (Fsp3) is 0.471. The number of carbonyl (C=O) groups excluding carboxylic acids is 1. The van der Waals surface area contributed by atoms with Crippen LogP contribution in [-0.2, 0) is 19.4 Å². The Morgan fingerprint density at radius 1 is 1.43 bits per heavy atom. The molecule has 0 unspecified atom stereocenters. The summed E-state index contributed by atoms with van der Waals surface area (Å²) in [7, 11) is -3.52. The van der Waals surface area contributed by atoms with Crippen LogP contribution < -0.4 is 0 Å². The third-order valence-corrected chi connectivity index (χ3v) is 8.41. The Balaban J connectivity index is 1.87. The molecule has 11 heteroatoms. The van der Waals surface area contributed by atoms with E-state index in [1.807, 2.05) is 6.92 Å². The van der Waals surface area contributed by atoms with Gasteiger partial charge < -0.3 is 15.1 Å². The predicted molar refractivity (Wildman–Crippen MR) is 100 cm³/mol. The maximum Gasteiger partial charge on any atom is 0.352 e. The number of imidazole rings is 1. The number of carbonyl (C=O) groups is 2. The van der Waals surface area contributed by atoms with E-state index in [1.165, 1.54) is 25.1 Å². The van der Waals surface area contributed by atoms with Crippen LogP contribution in [0.5, 0.6) is 0 Å². The number of fused-ring (bicyclic) bond motifs is 2. The van der Waals surface area contributed by atoms with Crippen LogP contribution in [0, 0.1) is 11.8 Å². The van der Waals surface area contributed by atoms with Crippen molar-refractivity contribution >= 4 is 43.5 Å². The van der Waals surface area contributed by atoms with Gasteiger partial charge in [0.05, 0.1) is 28.7 Å². The SMILES string of the molecule is CCS(=O)(=O)c1ncn2cc(C3=C(C(=O)O)N4C(=O)[C@H]([C@@H](C)O)[C@H]4[C@H]3C)sc12. The van der Waals surface area contributed by atoms with Crippen molar-refractivity contribution in [3.8, 4) is 0 Å². The Kier molecular flexibility index (Phi) is 4.18. The van der Waals surface area contributed by atoms with Gasteiger partial charge in [0.15, 0.2) is 14.9 Å². The van der Waals surface area contributed by atoms with E-state index < -0.39 is 39.8 Å². The molecule has 2 aromatic rings. The van der Waals surface area contributed by atoms with Crippen molar-refractivity contribution in [3.63, 3.8) is 0 Å². The Labute approximate surface area is 164 Å². The fourth-order valence-electron chi connectivity index (χ4n) is 4.15. The molecular formula is C17H19N3O6S2. The van der Waals surface area contributed by atoms with Crippen molar-refractivity contribution in [2.75, 3.05) is 5.75 Å². The molecule has 2 aliphatic heterocycles. The maximum absolute atomic E-state index is 12.4. The summed E-state index contributed by atoms with van der Waals surface area (Å²) >= 11 is 1.14. The molecule has 2 aromatic heterocycles. The number of thiazole rings is 1. The third-order valence-electron chi connectivity index (χ3n) is 5.49. The summed E-state index contributed by atoms with van der Waals surface area (Å²) in [5.41, 5.74) is 0.374. The van der Waals surface area contributed by atoms with Crippen LogP contribution in [0.3, 0.4) is 0 Å². The van der Waals surface area contributed by atoms with Gasteiger partial charge in [-0.2, -0.15) is 0 Å². The maximum atomic E-state index is 12.4. The summed E-state index contributed by atoms with van der Waals surface area (Å²) in [5.74, 6) is -2.68. The summed E-state index contributed by atoms with van der Waals surface area (Å²) in [6.45, 7) is 4.88. The largest absolute Gasteiger partial charge is 0.477 e. The van der Waals surface area contributed by atoms with Crippen molar-refractivity contribution in [2.24, 2.45) is 11.8 Å². The molecule has 0 aliphatic carbocycles. The number of hydrogen-bond donors (Lipinski definition) is 2. The smallest absolute Gasteiger partial charge is 0.352 e. The zero-order valence-electron chi connectivity index (χ0n) is 15.4. The summed E-state index contributed by atoms with van der Waals surface area (Å²) in [6.07, 6.45) is 2.15. The third kappa shape index (κ3) is 2.39. The van der Waals surface area contributed by atoms with Gasteiger partial charge in [-0.3, -0.25) is 9.20 Å². The number of β-lactam (4-membered cyclic amide) rings is 1. The van der Waals surface area contributed by atoms with Gasteiger partial charge in [-0.05, 0) is 6.92 Å². The van der Waals surface area contributed by atoms with E-state index in [0.29, 0.717) is 15.3 Å².